The quantitative estimate of drug-likeness (QED) is 0.295. The van der Waals surface area contributed by atoms with E-state index in [1.807, 2.05) is 27.7 Å². The number of hydrogen-bond acceptors (Lipinski definition) is 10. The summed E-state index contributed by atoms with van der Waals surface area (Å²) in [4.78, 5) is 42.5. The molecule has 14 heteroatoms. The van der Waals surface area contributed by atoms with Gasteiger partial charge in [-0.1, -0.05) is 25.2 Å². The van der Waals surface area contributed by atoms with E-state index >= 15 is 0 Å². The number of hydrogen-bond donors (Lipinski definition) is 2. The van der Waals surface area contributed by atoms with Crippen LogP contribution in [-0.4, -0.2) is 74.2 Å². The topological polar surface area (TPSA) is 155 Å². The number of ether oxygens (including phenoxy) is 3. The van der Waals surface area contributed by atoms with Crippen LogP contribution in [0.4, 0.5) is 0 Å². The van der Waals surface area contributed by atoms with Crippen molar-refractivity contribution >= 4 is 30.9 Å². The van der Waals surface area contributed by atoms with E-state index < -0.39 is 12.8 Å². The van der Waals surface area contributed by atoms with E-state index in [1.54, 1.807) is 28.2 Å². The molecule has 0 saturated heterocycles. The van der Waals surface area contributed by atoms with Gasteiger partial charge in [-0.3, -0.25) is 19.1 Å². The second-order valence-corrected chi connectivity index (χ2v) is 11.4. The number of carbonyl (C=O) groups is 2. The van der Waals surface area contributed by atoms with E-state index in [9.17, 15) is 18.9 Å². The van der Waals surface area contributed by atoms with Gasteiger partial charge in [0.25, 0.3) is 12.0 Å². The highest BCUT2D eigenvalue weighted by atomic mass is 32.7. The molecule has 1 rings (SSSR count). The van der Waals surface area contributed by atoms with Gasteiger partial charge in [-0.05, 0) is 27.2 Å². The second kappa shape index (κ2) is 24.0. The maximum absolute atomic E-state index is 12.3. The van der Waals surface area contributed by atoms with Gasteiger partial charge >= 0.3 is 12.4 Å². The highest BCUT2D eigenvalue weighted by Gasteiger charge is 2.26. The predicted octanol–water partition coefficient (Wildman–Crippen LogP) is 2.37. The van der Waals surface area contributed by atoms with Crippen LogP contribution in [0.1, 0.15) is 41.0 Å². The van der Waals surface area contributed by atoms with Gasteiger partial charge in [0.15, 0.2) is 0 Å². The minimum Gasteiger partial charge on any atom is -0.471 e. The van der Waals surface area contributed by atoms with E-state index in [2.05, 4.69) is 14.8 Å². The molecule has 0 aliphatic heterocycles. The highest BCUT2D eigenvalue weighted by Crippen LogP contribution is 2.56. The molecule has 1 aromatic heterocycles. The van der Waals surface area contributed by atoms with Crippen molar-refractivity contribution < 1.29 is 32.9 Å². The predicted molar refractivity (Wildman–Crippen MR) is 139 cm³/mol. The fourth-order valence-corrected chi connectivity index (χ4v) is 5.21. The first kappa shape index (κ1) is 37.8. The largest absolute Gasteiger partial charge is 0.471 e. The van der Waals surface area contributed by atoms with Crippen LogP contribution in [0.2, 0.25) is 0 Å². The number of aromatic amines is 1. The first-order valence-electron chi connectivity index (χ1n) is 10.8. The maximum Gasteiger partial charge on any atom is 0.328 e. The molecule has 0 aliphatic carbocycles. The van der Waals surface area contributed by atoms with Crippen LogP contribution in [0.15, 0.2) is 21.9 Å². The van der Waals surface area contributed by atoms with Crippen LogP contribution in [0, 0.1) is 0 Å². The SMILES string of the molecule is CCSP(=O)(NC(C)C=O)OCC(CC)OC.COC(C)C.COC=O.Cn1ccc(=O)[nH]c1=O. The summed E-state index contributed by atoms with van der Waals surface area (Å²) in [6.45, 7) is 7.12. The second-order valence-electron chi connectivity index (χ2n) is 6.87. The zero-order chi connectivity index (χ0) is 27.9. The summed E-state index contributed by atoms with van der Waals surface area (Å²) in [7, 11) is 6.17. The van der Waals surface area contributed by atoms with Crippen LogP contribution in [0.5, 0.6) is 0 Å². The van der Waals surface area contributed by atoms with Gasteiger partial charge in [0.2, 0.25) is 0 Å². The Bertz CT molecular complexity index is 814. The lowest BCUT2D eigenvalue weighted by Crippen LogP contribution is -2.26. The molecular weight excluding hydrogens is 501 g/mol. The summed E-state index contributed by atoms with van der Waals surface area (Å²) < 4.78 is 32.8. The van der Waals surface area contributed by atoms with E-state index in [4.69, 9.17) is 18.8 Å². The molecule has 0 fully saturated rings. The molecule has 1 heterocycles. The van der Waals surface area contributed by atoms with Gasteiger partial charge < -0.3 is 28.1 Å². The van der Waals surface area contributed by atoms with Crippen LogP contribution in [-0.2, 0) is 39.9 Å². The molecule has 2 N–H and O–H groups in total. The minimum atomic E-state index is -3.02. The molecule has 0 spiro atoms. The molecule has 3 atom stereocenters. The van der Waals surface area contributed by atoms with E-state index in [0.29, 0.717) is 24.6 Å². The van der Waals surface area contributed by atoms with Crippen LogP contribution >= 0.6 is 18.1 Å². The summed E-state index contributed by atoms with van der Waals surface area (Å²) in [5.74, 6) is 0.652. The Hall–Kier alpha value is -1.76. The van der Waals surface area contributed by atoms with Crippen LogP contribution in [0.25, 0.3) is 0 Å². The summed E-state index contributed by atoms with van der Waals surface area (Å²) in [5.41, 5.74) is -0.749. The normalized spacial score (nSPS) is 13.3. The lowest BCUT2D eigenvalue weighted by atomic mass is 10.3. The number of aromatic nitrogens is 2. The number of H-pyrrole nitrogens is 1. The Morgan fingerprint density at radius 1 is 1.14 bits per heavy atom. The van der Waals surface area contributed by atoms with E-state index in [1.165, 1.54) is 35.3 Å². The van der Waals surface area contributed by atoms with Crippen molar-refractivity contribution in [1.82, 2.24) is 14.6 Å². The lowest BCUT2D eigenvalue weighted by molar-refractivity contribution is -0.126. The van der Waals surface area contributed by atoms with Crippen molar-refractivity contribution in [2.45, 2.75) is 59.3 Å². The van der Waals surface area contributed by atoms with Gasteiger partial charge in [0.05, 0.1) is 32.0 Å². The average Bonchev–Trinajstić information content (AvgIpc) is 2.83. The molecule has 0 saturated carbocycles. The van der Waals surface area contributed by atoms with Gasteiger partial charge in [-0.2, -0.15) is 0 Å². The van der Waals surface area contributed by atoms with Gasteiger partial charge in [-0.15, -0.1) is 0 Å². The summed E-state index contributed by atoms with van der Waals surface area (Å²) in [6, 6.07) is 0.809. The van der Waals surface area contributed by atoms with Crippen molar-refractivity contribution in [3.05, 3.63) is 33.1 Å². The summed E-state index contributed by atoms with van der Waals surface area (Å²) >= 11 is 1.19. The molecule has 206 valence electrons. The summed E-state index contributed by atoms with van der Waals surface area (Å²) in [6.07, 6.45) is 3.22. The van der Waals surface area contributed by atoms with Gasteiger partial charge in [0, 0.05) is 39.3 Å². The molecule has 0 aromatic carbocycles. The van der Waals surface area contributed by atoms with Crippen molar-refractivity contribution in [2.75, 3.05) is 33.7 Å². The zero-order valence-electron chi connectivity index (χ0n) is 22.1. The Kier molecular flexibility index (Phi) is 25.9. The number of aldehydes is 1. The molecule has 0 amide bonds. The van der Waals surface area contributed by atoms with Crippen molar-refractivity contribution in [1.29, 1.82) is 0 Å². The van der Waals surface area contributed by atoms with Crippen LogP contribution in [0.3, 0.4) is 0 Å². The third-order valence-corrected chi connectivity index (χ3v) is 7.89. The molecule has 0 bridgehead atoms. The summed E-state index contributed by atoms with van der Waals surface area (Å²) in [5, 5.41) is 2.72. The molecule has 12 nitrogen and oxygen atoms in total. The Morgan fingerprint density at radius 3 is 2.00 bits per heavy atom. The zero-order valence-corrected chi connectivity index (χ0v) is 23.9. The van der Waals surface area contributed by atoms with Crippen molar-refractivity contribution in [2.24, 2.45) is 7.05 Å². The standard InChI is InChI=1S/C10H22NO4PS.C5H6N2O2.C4H10O.C2H4O2/c1-5-10(14-4)8-15-16(13,17-6-2)11-9(3)7-12;1-7-3-2-4(8)6-5(7)9;1-4(2)5-3;1-4-2-3/h7,9-10H,5-6,8H2,1-4H3,(H,11,13);2-3H,1H3,(H,6,8,9);4H,1-3H3;2H,1H3. The number of aryl methyl sites for hydroxylation is 1. The van der Waals surface area contributed by atoms with Gasteiger partial charge in [0.1, 0.15) is 6.29 Å². The first-order chi connectivity index (χ1) is 16.4. The maximum atomic E-state index is 12.3. The van der Waals surface area contributed by atoms with E-state index in [0.717, 1.165) is 6.42 Å². The fourth-order valence-electron chi connectivity index (χ4n) is 1.58. The molecule has 0 aliphatic rings. The Morgan fingerprint density at radius 2 is 1.69 bits per heavy atom. The van der Waals surface area contributed by atoms with Crippen molar-refractivity contribution in [3.63, 3.8) is 0 Å². The third-order valence-electron chi connectivity index (χ3n) is 3.65. The molecule has 35 heavy (non-hydrogen) atoms. The lowest BCUT2D eigenvalue weighted by Gasteiger charge is -2.22. The first-order valence-corrected chi connectivity index (χ1v) is 14.0. The molecule has 1 aromatic rings. The highest BCUT2D eigenvalue weighted by molar-refractivity contribution is 8.56. The number of nitrogens with zero attached hydrogens (tertiary/aromatic N) is 1. The van der Waals surface area contributed by atoms with Crippen molar-refractivity contribution in [3.8, 4) is 0 Å². The number of nitrogens with one attached hydrogen (secondary N) is 2. The fraction of sp³-hybridized carbons (Fsp3) is 0.714. The van der Waals surface area contributed by atoms with Crippen LogP contribution < -0.4 is 16.3 Å². The number of rotatable bonds is 12. The average molecular weight is 544 g/mol. The minimum absolute atomic E-state index is 0.0749. The molecule has 0 radical (unpaired) electrons. The van der Waals surface area contributed by atoms with E-state index in [-0.39, 0.29) is 24.0 Å². The Balaban J connectivity index is -0.000000469. The number of carbonyl (C=O) groups excluding carboxylic acids is 2. The van der Waals surface area contributed by atoms with Gasteiger partial charge in [-0.25, -0.2) is 9.88 Å². The third kappa shape index (κ3) is 23.7. The smallest absolute Gasteiger partial charge is 0.328 e. The Labute approximate surface area is 211 Å². The molecular formula is C21H42N3O9PS. The molecule has 3 unspecified atom stereocenters. The monoisotopic (exact) mass is 543 g/mol. The number of methoxy groups -OCH3 is 3.